The first kappa shape index (κ1) is 16.9. The molecule has 3 heterocycles. The predicted octanol–water partition coefficient (Wildman–Crippen LogP) is 3.05. The van der Waals surface area contributed by atoms with E-state index >= 15 is 0 Å². The summed E-state index contributed by atoms with van der Waals surface area (Å²) >= 11 is 5.82. The molecular formula is C17H22ClN5O. The largest absolute Gasteiger partial charge is 0.309 e. The molecule has 1 fully saturated rings. The Morgan fingerprint density at radius 3 is 2.96 bits per heavy atom. The van der Waals surface area contributed by atoms with Crippen LogP contribution in [0.2, 0.25) is 5.02 Å². The summed E-state index contributed by atoms with van der Waals surface area (Å²) in [5.74, 6) is 0.832. The van der Waals surface area contributed by atoms with Crippen molar-refractivity contribution in [2.24, 2.45) is 0 Å². The zero-order valence-electron chi connectivity index (χ0n) is 13.9. The van der Waals surface area contributed by atoms with Crippen LogP contribution in [0.3, 0.4) is 0 Å². The number of carbonyl (C=O) groups excluding carboxylic acids is 1. The molecule has 2 aromatic heterocycles. The number of hydrogen-bond acceptors (Lipinski definition) is 4. The number of carbonyl (C=O) groups is 1. The van der Waals surface area contributed by atoms with Crippen LogP contribution in [0.4, 0.5) is 5.82 Å². The monoisotopic (exact) mass is 347 g/mol. The van der Waals surface area contributed by atoms with Crippen molar-refractivity contribution in [3.8, 4) is 0 Å². The summed E-state index contributed by atoms with van der Waals surface area (Å²) in [5, 5.41) is 10.5. The molecule has 2 aromatic rings. The van der Waals surface area contributed by atoms with Crippen molar-refractivity contribution in [3.05, 3.63) is 41.3 Å². The molecule has 3 atom stereocenters. The second-order valence-electron chi connectivity index (χ2n) is 6.27. The van der Waals surface area contributed by atoms with Gasteiger partial charge in [0.1, 0.15) is 5.82 Å². The maximum Gasteiger partial charge on any atom is 0.242 e. The maximum absolute atomic E-state index is 12.6. The van der Waals surface area contributed by atoms with Crippen LogP contribution in [0.15, 0.2) is 30.6 Å². The van der Waals surface area contributed by atoms with E-state index in [2.05, 4.69) is 32.3 Å². The van der Waals surface area contributed by atoms with Crippen LogP contribution in [0.5, 0.6) is 0 Å². The molecule has 2 N–H and O–H groups in total. The molecule has 0 saturated carbocycles. The van der Waals surface area contributed by atoms with Crippen molar-refractivity contribution in [3.63, 3.8) is 0 Å². The molecule has 7 heteroatoms. The second-order valence-corrected chi connectivity index (χ2v) is 6.70. The number of amides is 1. The fourth-order valence-electron chi connectivity index (χ4n) is 3.44. The summed E-state index contributed by atoms with van der Waals surface area (Å²) in [6.45, 7) is 5.03. The Morgan fingerprint density at radius 1 is 1.46 bits per heavy atom. The van der Waals surface area contributed by atoms with E-state index in [1.807, 2.05) is 13.0 Å². The number of piperidine rings is 1. The number of aromatic nitrogens is 3. The van der Waals surface area contributed by atoms with Gasteiger partial charge in [0, 0.05) is 30.0 Å². The van der Waals surface area contributed by atoms with Crippen molar-refractivity contribution in [2.75, 3.05) is 11.9 Å². The van der Waals surface area contributed by atoms with E-state index in [-0.39, 0.29) is 18.0 Å². The molecule has 24 heavy (non-hydrogen) atoms. The minimum absolute atomic E-state index is 0.0538. The zero-order valence-corrected chi connectivity index (χ0v) is 14.6. The Morgan fingerprint density at radius 2 is 2.29 bits per heavy atom. The molecule has 0 unspecified atom stereocenters. The van der Waals surface area contributed by atoms with Gasteiger partial charge in [-0.2, -0.15) is 5.10 Å². The maximum atomic E-state index is 12.6. The lowest BCUT2D eigenvalue weighted by Gasteiger charge is -2.41. The molecule has 0 radical (unpaired) electrons. The molecule has 128 valence electrons. The van der Waals surface area contributed by atoms with Crippen molar-refractivity contribution in [2.45, 2.75) is 44.7 Å². The fourth-order valence-corrected chi connectivity index (χ4v) is 3.55. The molecule has 1 amide bonds. The smallest absolute Gasteiger partial charge is 0.242 e. The molecular weight excluding hydrogens is 326 g/mol. The van der Waals surface area contributed by atoms with Crippen LogP contribution in [-0.2, 0) is 4.79 Å². The van der Waals surface area contributed by atoms with E-state index in [1.54, 1.807) is 18.3 Å². The third kappa shape index (κ3) is 3.60. The predicted molar refractivity (Wildman–Crippen MR) is 94.1 cm³/mol. The highest BCUT2D eigenvalue weighted by molar-refractivity contribution is 6.30. The lowest BCUT2D eigenvalue weighted by Crippen LogP contribution is -2.51. The summed E-state index contributed by atoms with van der Waals surface area (Å²) in [7, 11) is 0. The topological polar surface area (TPSA) is 73.9 Å². The summed E-state index contributed by atoms with van der Waals surface area (Å²) < 4.78 is 0. The van der Waals surface area contributed by atoms with Crippen molar-refractivity contribution in [1.82, 2.24) is 20.1 Å². The summed E-state index contributed by atoms with van der Waals surface area (Å²) in [6, 6.07) is 5.47. The Bertz CT molecular complexity index is 673. The van der Waals surface area contributed by atoms with Gasteiger partial charge in [-0.1, -0.05) is 11.6 Å². The van der Waals surface area contributed by atoms with E-state index in [9.17, 15) is 4.79 Å². The van der Waals surface area contributed by atoms with E-state index in [4.69, 9.17) is 11.6 Å². The third-order valence-corrected chi connectivity index (χ3v) is 5.04. The molecule has 1 aliphatic heterocycles. The average molecular weight is 348 g/mol. The summed E-state index contributed by atoms with van der Waals surface area (Å²) in [4.78, 5) is 19.0. The molecule has 1 saturated heterocycles. The SMILES string of the molecule is C[C@@H]1[C@H](c2ccn[nH]2)CCCN1[C@@H](C)C(=O)Nc1ccc(Cl)cn1. The Kier molecular flexibility index (Phi) is 5.16. The highest BCUT2D eigenvalue weighted by Crippen LogP contribution is 2.32. The number of halogens is 1. The third-order valence-electron chi connectivity index (χ3n) is 4.81. The van der Waals surface area contributed by atoms with Gasteiger partial charge in [0.05, 0.1) is 11.1 Å². The number of nitrogens with one attached hydrogen (secondary N) is 2. The summed E-state index contributed by atoms with van der Waals surface area (Å²) in [6.07, 6.45) is 5.47. The van der Waals surface area contributed by atoms with Gasteiger partial charge in [-0.25, -0.2) is 4.98 Å². The van der Waals surface area contributed by atoms with Gasteiger partial charge in [-0.3, -0.25) is 14.8 Å². The molecule has 1 aliphatic rings. The van der Waals surface area contributed by atoms with E-state index in [0.29, 0.717) is 16.8 Å². The van der Waals surface area contributed by atoms with Gasteiger partial charge in [-0.05, 0) is 51.4 Å². The second kappa shape index (κ2) is 7.32. The van der Waals surface area contributed by atoms with E-state index < -0.39 is 0 Å². The zero-order chi connectivity index (χ0) is 17.1. The first-order valence-electron chi connectivity index (χ1n) is 8.23. The Labute approximate surface area is 146 Å². The fraction of sp³-hybridized carbons (Fsp3) is 0.471. The lowest BCUT2D eigenvalue weighted by molar-refractivity contribution is -0.122. The number of H-pyrrole nitrogens is 1. The van der Waals surface area contributed by atoms with Gasteiger partial charge in [-0.15, -0.1) is 0 Å². The van der Waals surface area contributed by atoms with Crippen molar-refractivity contribution in [1.29, 1.82) is 0 Å². The normalized spacial score (nSPS) is 23.0. The van der Waals surface area contributed by atoms with Crippen LogP contribution < -0.4 is 5.32 Å². The Hall–Kier alpha value is -1.92. The minimum Gasteiger partial charge on any atom is -0.309 e. The lowest BCUT2D eigenvalue weighted by atomic mass is 9.86. The molecule has 0 spiro atoms. The van der Waals surface area contributed by atoms with Crippen LogP contribution in [0, 0.1) is 0 Å². The van der Waals surface area contributed by atoms with Gasteiger partial charge in [0.2, 0.25) is 5.91 Å². The number of likely N-dealkylation sites (tertiary alicyclic amines) is 1. The van der Waals surface area contributed by atoms with Crippen LogP contribution in [-0.4, -0.2) is 44.6 Å². The number of pyridine rings is 1. The number of hydrogen-bond donors (Lipinski definition) is 2. The van der Waals surface area contributed by atoms with Crippen LogP contribution >= 0.6 is 11.6 Å². The average Bonchev–Trinajstić information content (AvgIpc) is 3.11. The molecule has 0 aliphatic carbocycles. The molecule has 0 bridgehead atoms. The highest BCUT2D eigenvalue weighted by Gasteiger charge is 2.34. The number of aromatic amines is 1. The number of anilines is 1. The Balaban J connectivity index is 1.67. The van der Waals surface area contributed by atoms with Gasteiger partial charge in [0.15, 0.2) is 0 Å². The first-order valence-corrected chi connectivity index (χ1v) is 8.61. The highest BCUT2D eigenvalue weighted by atomic mass is 35.5. The first-order chi connectivity index (χ1) is 11.6. The van der Waals surface area contributed by atoms with Gasteiger partial charge in [0.25, 0.3) is 0 Å². The van der Waals surface area contributed by atoms with Crippen LogP contribution in [0.1, 0.15) is 38.3 Å². The molecule has 0 aromatic carbocycles. The quantitative estimate of drug-likeness (QED) is 0.891. The number of rotatable bonds is 4. The molecule has 3 rings (SSSR count). The van der Waals surface area contributed by atoms with Crippen LogP contribution in [0.25, 0.3) is 0 Å². The standard InChI is InChI=1S/C17H22ClN5O/c1-11-14(15-7-8-20-22-15)4-3-9-23(11)12(2)17(24)21-16-6-5-13(18)10-19-16/h5-8,10-12,14H,3-4,9H2,1-2H3,(H,20,22)(H,19,21,24)/t11-,12+,14-/m1/s1. The summed E-state index contributed by atoms with van der Waals surface area (Å²) in [5.41, 5.74) is 1.14. The van der Waals surface area contributed by atoms with Crippen molar-refractivity contribution < 1.29 is 4.79 Å². The number of nitrogens with zero attached hydrogens (tertiary/aromatic N) is 3. The minimum atomic E-state index is -0.233. The van der Waals surface area contributed by atoms with E-state index in [1.165, 1.54) is 6.20 Å². The van der Waals surface area contributed by atoms with E-state index in [0.717, 1.165) is 25.1 Å². The molecule has 6 nitrogen and oxygen atoms in total. The van der Waals surface area contributed by atoms with Gasteiger partial charge < -0.3 is 5.32 Å². The van der Waals surface area contributed by atoms with Gasteiger partial charge >= 0.3 is 0 Å². The van der Waals surface area contributed by atoms with Crippen molar-refractivity contribution >= 4 is 23.3 Å².